The summed E-state index contributed by atoms with van der Waals surface area (Å²) in [5, 5.41) is 15.9. The number of amides is 1. The summed E-state index contributed by atoms with van der Waals surface area (Å²) in [5.74, 6) is -1.81. The molecule has 24 heavy (non-hydrogen) atoms. The van der Waals surface area contributed by atoms with E-state index >= 15 is 0 Å². The van der Waals surface area contributed by atoms with E-state index in [1.54, 1.807) is 13.8 Å². The minimum absolute atomic E-state index is 0.101. The average molecular weight is 344 g/mol. The molecule has 3 rings (SSSR count). The number of rotatable bonds is 2. The number of esters is 1. The highest BCUT2D eigenvalue weighted by Gasteiger charge is 2.54. The second-order valence-electron chi connectivity index (χ2n) is 6.72. The molecule has 0 saturated carbocycles. The Morgan fingerprint density at radius 2 is 1.96 bits per heavy atom. The molecule has 0 bridgehead atoms. The van der Waals surface area contributed by atoms with Gasteiger partial charge in [-0.15, -0.1) is 0 Å². The Balaban J connectivity index is 0.000000292. The minimum atomic E-state index is -1.01. The minimum Gasteiger partial charge on any atom is -0.469 e. The van der Waals surface area contributed by atoms with Crippen LogP contribution in [0.15, 0.2) is 0 Å². The molecule has 3 N–H and O–H groups in total. The first kappa shape index (κ1) is 19.1. The lowest BCUT2D eigenvalue weighted by Gasteiger charge is -2.34. The lowest BCUT2D eigenvalue weighted by atomic mass is 9.93. The van der Waals surface area contributed by atoms with E-state index < -0.39 is 36.1 Å². The number of nitrogens with one attached hydrogen (secondary N) is 2. The summed E-state index contributed by atoms with van der Waals surface area (Å²) in [6.45, 7) is 5.83. The fourth-order valence-corrected chi connectivity index (χ4v) is 3.06. The summed E-state index contributed by atoms with van der Waals surface area (Å²) in [5.41, 5.74) is 0. The van der Waals surface area contributed by atoms with Gasteiger partial charge in [0, 0.05) is 0 Å². The molecule has 3 aliphatic rings. The van der Waals surface area contributed by atoms with E-state index in [1.807, 2.05) is 0 Å². The van der Waals surface area contributed by atoms with Gasteiger partial charge in [0.25, 0.3) is 5.91 Å². The molecule has 3 aliphatic heterocycles. The maximum Gasteiger partial charge on any atom is 0.307 e. The molecular formula is C16H28N2O6. The lowest BCUT2D eigenvalue weighted by Crippen LogP contribution is -2.62. The number of fused-ring (bicyclic) bond motifs is 1. The molecule has 3 saturated heterocycles. The number of aliphatic hydroxyl groups excluding tert-OH is 1. The Hall–Kier alpha value is -1.22. The van der Waals surface area contributed by atoms with E-state index in [0.717, 1.165) is 0 Å². The van der Waals surface area contributed by atoms with Gasteiger partial charge in [0.1, 0.15) is 12.2 Å². The number of piperidine rings is 2. The quantitative estimate of drug-likeness (QED) is 0.590. The molecule has 0 aromatic carbocycles. The number of hydrogen-bond acceptors (Lipinski definition) is 7. The van der Waals surface area contributed by atoms with Crippen molar-refractivity contribution in [3.63, 3.8) is 0 Å². The Bertz CT molecular complexity index is 440. The van der Waals surface area contributed by atoms with Crippen LogP contribution in [0, 0.1) is 0 Å². The second-order valence-corrected chi connectivity index (χ2v) is 6.72. The first-order chi connectivity index (χ1) is 11.3. The highest BCUT2D eigenvalue weighted by atomic mass is 16.8. The predicted molar refractivity (Wildman–Crippen MR) is 85.1 cm³/mol. The Morgan fingerprint density at radius 3 is 2.46 bits per heavy atom. The topological polar surface area (TPSA) is 106 Å². The maximum atomic E-state index is 11.8. The summed E-state index contributed by atoms with van der Waals surface area (Å²) in [7, 11) is 1.25. The zero-order chi connectivity index (χ0) is 17.7. The van der Waals surface area contributed by atoms with Gasteiger partial charge in [0.2, 0.25) is 0 Å². The summed E-state index contributed by atoms with van der Waals surface area (Å²) in [6, 6.07) is -0.719. The number of carbonyl (C=O) groups excluding carboxylic acids is 2. The molecule has 0 aliphatic carbocycles. The zero-order valence-electron chi connectivity index (χ0n) is 14.5. The van der Waals surface area contributed by atoms with Gasteiger partial charge in [-0.2, -0.15) is 0 Å². The molecule has 3 fully saturated rings. The third kappa shape index (κ3) is 4.89. The van der Waals surface area contributed by atoms with Crippen LogP contribution in [-0.4, -0.2) is 67.3 Å². The van der Waals surface area contributed by atoms with Crippen molar-refractivity contribution in [2.45, 2.75) is 69.7 Å². The fraction of sp³-hybridized carbons (Fsp3) is 0.875. The molecule has 0 radical (unpaired) electrons. The van der Waals surface area contributed by atoms with Crippen LogP contribution in [0.3, 0.4) is 0 Å². The van der Waals surface area contributed by atoms with Gasteiger partial charge in [-0.25, -0.2) is 0 Å². The van der Waals surface area contributed by atoms with Gasteiger partial charge in [0.15, 0.2) is 11.9 Å². The molecule has 0 aromatic rings. The van der Waals surface area contributed by atoms with Gasteiger partial charge in [-0.05, 0) is 39.8 Å². The van der Waals surface area contributed by atoms with Crippen molar-refractivity contribution in [2.75, 3.05) is 20.2 Å². The molecule has 1 amide bonds. The fourth-order valence-electron chi connectivity index (χ4n) is 3.06. The van der Waals surface area contributed by atoms with Crippen molar-refractivity contribution in [1.82, 2.24) is 10.6 Å². The molecular weight excluding hydrogens is 316 g/mol. The van der Waals surface area contributed by atoms with E-state index in [1.165, 1.54) is 39.5 Å². The van der Waals surface area contributed by atoms with Crippen molar-refractivity contribution in [2.24, 2.45) is 0 Å². The Kier molecular flexibility index (Phi) is 6.56. The number of aliphatic hydroxyl groups is 1. The van der Waals surface area contributed by atoms with Gasteiger partial charge in [-0.3, -0.25) is 9.59 Å². The molecule has 3 unspecified atom stereocenters. The monoisotopic (exact) mass is 344 g/mol. The molecule has 8 nitrogen and oxygen atoms in total. The van der Waals surface area contributed by atoms with Crippen molar-refractivity contribution >= 4 is 11.9 Å². The summed E-state index contributed by atoms with van der Waals surface area (Å²) in [6.07, 6.45) is 1.50. The molecule has 3 heterocycles. The van der Waals surface area contributed by atoms with Gasteiger partial charge in [-0.1, -0.05) is 6.42 Å². The first-order valence-corrected chi connectivity index (χ1v) is 8.45. The van der Waals surface area contributed by atoms with E-state index in [2.05, 4.69) is 15.4 Å². The van der Waals surface area contributed by atoms with Gasteiger partial charge < -0.3 is 30.0 Å². The Morgan fingerprint density at radius 1 is 1.29 bits per heavy atom. The van der Waals surface area contributed by atoms with Crippen LogP contribution in [-0.2, 0) is 23.8 Å². The molecule has 138 valence electrons. The predicted octanol–water partition coefficient (Wildman–Crippen LogP) is -0.311. The lowest BCUT2D eigenvalue weighted by molar-refractivity contribution is -0.157. The smallest absolute Gasteiger partial charge is 0.307 e. The molecule has 0 aromatic heterocycles. The van der Waals surface area contributed by atoms with Crippen LogP contribution < -0.4 is 10.6 Å². The molecule has 0 spiro atoms. The summed E-state index contributed by atoms with van der Waals surface area (Å²) in [4.78, 5) is 23.0. The van der Waals surface area contributed by atoms with Crippen LogP contribution in [0.25, 0.3) is 0 Å². The van der Waals surface area contributed by atoms with Gasteiger partial charge in [0.05, 0.1) is 19.6 Å². The number of hydrogen-bond donors (Lipinski definition) is 3. The van der Waals surface area contributed by atoms with Crippen LogP contribution in [0.5, 0.6) is 0 Å². The van der Waals surface area contributed by atoms with Crippen LogP contribution in [0.1, 0.15) is 39.5 Å². The molecule has 8 heteroatoms. The van der Waals surface area contributed by atoms with Crippen molar-refractivity contribution in [3.05, 3.63) is 0 Å². The normalized spacial score (nSPS) is 34.4. The first-order valence-electron chi connectivity index (χ1n) is 8.45. The highest BCUT2D eigenvalue weighted by Crippen LogP contribution is 2.33. The Labute approximate surface area is 142 Å². The number of methoxy groups -OCH3 is 1. The summed E-state index contributed by atoms with van der Waals surface area (Å²) >= 11 is 0. The maximum absolute atomic E-state index is 11.8. The highest BCUT2D eigenvalue weighted by molar-refractivity contribution is 5.84. The third-order valence-electron chi connectivity index (χ3n) is 4.29. The number of ether oxygens (including phenoxy) is 3. The van der Waals surface area contributed by atoms with Crippen molar-refractivity contribution in [1.29, 1.82) is 0 Å². The van der Waals surface area contributed by atoms with E-state index in [4.69, 9.17) is 9.47 Å². The number of carbonyl (C=O) groups is 2. The van der Waals surface area contributed by atoms with E-state index in [-0.39, 0.29) is 12.3 Å². The summed E-state index contributed by atoms with van der Waals surface area (Å²) < 4.78 is 15.4. The molecule has 4 atom stereocenters. The third-order valence-corrected chi connectivity index (χ3v) is 4.29. The largest absolute Gasteiger partial charge is 0.469 e. The van der Waals surface area contributed by atoms with E-state index in [9.17, 15) is 14.7 Å². The van der Waals surface area contributed by atoms with Crippen LogP contribution in [0.2, 0.25) is 0 Å². The SMILES string of the molecule is C1CCNCC1.COC(=O)CC1NC(=O)C2OC(C)(C)OC2[C@@H]1O. The second kappa shape index (κ2) is 8.24. The van der Waals surface area contributed by atoms with Crippen LogP contribution >= 0.6 is 0 Å². The van der Waals surface area contributed by atoms with Crippen molar-refractivity contribution < 1.29 is 28.9 Å². The van der Waals surface area contributed by atoms with Gasteiger partial charge >= 0.3 is 5.97 Å². The van der Waals surface area contributed by atoms with E-state index in [0.29, 0.717) is 0 Å². The zero-order valence-corrected chi connectivity index (χ0v) is 14.5. The standard InChI is InChI=1S/C11H17NO6.C5H11N/c1-11(2)17-8-7(14)5(4-6(13)16-3)12-10(15)9(8)18-11;1-2-4-6-5-3-1/h5,7-9,14H,4H2,1-3H3,(H,12,15);6H,1-5H2/t5?,7-,8?,9?;/m1./s1. The van der Waals surface area contributed by atoms with Crippen molar-refractivity contribution in [3.8, 4) is 0 Å². The van der Waals surface area contributed by atoms with Crippen LogP contribution in [0.4, 0.5) is 0 Å². The average Bonchev–Trinajstić information content (AvgIpc) is 2.91.